The molecule has 1 saturated carbocycles. The number of pyridine rings is 2. The lowest BCUT2D eigenvalue weighted by atomic mass is 9.63. The second-order valence-corrected chi connectivity index (χ2v) is 10.7. The minimum atomic E-state index is 0.301. The zero-order valence-corrected chi connectivity index (χ0v) is 20.4. The molecule has 3 aliphatic rings. The maximum absolute atomic E-state index is 5.93. The summed E-state index contributed by atoms with van der Waals surface area (Å²) in [5, 5.41) is 5.75. The zero-order valence-electron chi connectivity index (χ0n) is 20.4. The van der Waals surface area contributed by atoms with Crippen molar-refractivity contribution in [2.45, 2.75) is 51.9 Å². The van der Waals surface area contributed by atoms with Gasteiger partial charge in [-0.05, 0) is 92.8 Å². The molecular formula is C30H30N4O. The molecule has 2 aliphatic carbocycles. The lowest BCUT2D eigenvalue weighted by molar-refractivity contribution is 0.277. The first kappa shape index (κ1) is 20.9. The van der Waals surface area contributed by atoms with E-state index in [9.17, 15) is 0 Å². The second kappa shape index (κ2) is 7.77. The highest BCUT2D eigenvalue weighted by molar-refractivity contribution is 5.84. The van der Waals surface area contributed by atoms with Crippen LogP contribution in [0.15, 0.2) is 59.3 Å². The third kappa shape index (κ3) is 3.56. The van der Waals surface area contributed by atoms with Gasteiger partial charge >= 0.3 is 0 Å². The molecule has 1 spiro atoms. The first-order chi connectivity index (χ1) is 17.1. The summed E-state index contributed by atoms with van der Waals surface area (Å²) in [6, 6.07) is 15.1. The number of benzene rings is 1. The van der Waals surface area contributed by atoms with Gasteiger partial charge in [-0.1, -0.05) is 23.4 Å². The molecule has 0 unspecified atom stereocenters. The van der Waals surface area contributed by atoms with Gasteiger partial charge in [-0.2, -0.15) is 0 Å². The van der Waals surface area contributed by atoms with Crippen LogP contribution in [0.1, 0.15) is 60.6 Å². The minimum absolute atomic E-state index is 0.301. The van der Waals surface area contributed by atoms with E-state index in [1.165, 1.54) is 47.9 Å². The van der Waals surface area contributed by atoms with Crippen LogP contribution >= 0.6 is 0 Å². The first-order valence-electron chi connectivity index (χ1n) is 12.8. The monoisotopic (exact) mass is 462 g/mol. The Hall–Kier alpha value is -3.47. The molecule has 4 aromatic rings. The summed E-state index contributed by atoms with van der Waals surface area (Å²) >= 11 is 0. The molecule has 0 atom stereocenters. The van der Waals surface area contributed by atoms with Gasteiger partial charge in [0.25, 0.3) is 0 Å². The van der Waals surface area contributed by atoms with Crippen molar-refractivity contribution in [3.05, 3.63) is 77.3 Å². The van der Waals surface area contributed by atoms with Gasteiger partial charge in [0.1, 0.15) is 11.5 Å². The van der Waals surface area contributed by atoms with Crippen molar-refractivity contribution < 1.29 is 4.52 Å². The van der Waals surface area contributed by atoms with E-state index in [-0.39, 0.29) is 0 Å². The van der Waals surface area contributed by atoms with Crippen LogP contribution in [0.4, 0.5) is 5.69 Å². The highest BCUT2D eigenvalue weighted by Crippen LogP contribution is 2.55. The average Bonchev–Trinajstić information content (AvgIpc) is 3.61. The molecule has 5 nitrogen and oxygen atoms in total. The molecule has 3 aromatic heterocycles. The fourth-order valence-corrected chi connectivity index (χ4v) is 5.96. The summed E-state index contributed by atoms with van der Waals surface area (Å²) < 4.78 is 5.93. The van der Waals surface area contributed by atoms with Crippen LogP contribution in [-0.2, 0) is 0 Å². The first-order valence-corrected chi connectivity index (χ1v) is 12.8. The molecule has 1 saturated heterocycles. The molecular weight excluding hydrogens is 432 g/mol. The number of allylic oxidation sites excluding steroid dienone is 2. The van der Waals surface area contributed by atoms with Crippen LogP contribution in [0.2, 0.25) is 0 Å². The van der Waals surface area contributed by atoms with Gasteiger partial charge in [0, 0.05) is 42.0 Å². The normalized spacial score (nSPS) is 19.1. The number of aromatic nitrogens is 3. The highest BCUT2D eigenvalue weighted by atomic mass is 16.5. The second-order valence-electron chi connectivity index (χ2n) is 10.7. The fourth-order valence-electron chi connectivity index (χ4n) is 5.96. The van der Waals surface area contributed by atoms with Crippen LogP contribution < -0.4 is 4.90 Å². The average molecular weight is 463 g/mol. The summed E-state index contributed by atoms with van der Waals surface area (Å²) in [7, 11) is 0. The standard InChI is InChI=1S/C30H30N4O/c1-19-4-3-13-31-27(19)28-26(29(35-33-28)21-7-8-21)23-17-30(18-23)11-14-34(15-12-30)24-9-10-25-22(16-24)6-5-20(2)32-25/h3-6,9-10,13,16-17,21H,7-8,11-12,14-15,18H2,1-2H3. The predicted molar refractivity (Wildman–Crippen MR) is 139 cm³/mol. The Bertz CT molecular complexity index is 1470. The molecule has 1 aliphatic heterocycles. The number of aryl methyl sites for hydroxylation is 2. The maximum Gasteiger partial charge on any atom is 0.147 e. The van der Waals surface area contributed by atoms with E-state index in [0.29, 0.717) is 11.3 Å². The van der Waals surface area contributed by atoms with Gasteiger partial charge in [-0.25, -0.2) is 0 Å². The molecule has 0 radical (unpaired) electrons. The topological polar surface area (TPSA) is 55.1 Å². The Kier molecular flexibility index (Phi) is 4.63. The van der Waals surface area contributed by atoms with E-state index in [1.54, 1.807) is 0 Å². The van der Waals surface area contributed by atoms with E-state index >= 15 is 0 Å². The van der Waals surface area contributed by atoms with Gasteiger partial charge in [-0.15, -0.1) is 0 Å². The summed E-state index contributed by atoms with van der Waals surface area (Å²) in [6.45, 7) is 6.32. The van der Waals surface area contributed by atoms with E-state index in [4.69, 9.17) is 4.52 Å². The van der Waals surface area contributed by atoms with Crippen molar-refractivity contribution in [3.8, 4) is 11.4 Å². The maximum atomic E-state index is 5.93. The van der Waals surface area contributed by atoms with Crippen molar-refractivity contribution >= 4 is 22.2 Å². The Morgan fingerprint density at radius 3 is 2.60 bits per heavy atom. The number of anilines is 1. The SMILES string of the molecule is Cc1ccc2cc(N3CCC4(C=C(c5c(-c6ncccc6C)noc5C5CC5)C4)CC3)ccc2n1. The van der Waals surface area contributed by atoms with Crippen LogP contribution in [0.3, 0.4) is 0 Å². The Labute approximate surface area is 205 Å². The van der Waals surface area contributed by atoms with Crippen molar-refractivity contribution in [3.63, 3.8) is 0 Å². The lowest BCUT2D eigenvalue weighted by Crippen LogP contribution is -2.42. The summed E-state index contributed by atoms with van der Waals surface area (Å²) in [5.41, 5.74) is 9.44. The molecule has 176 valence electrons. The molecule has 0 N–H and O–H groups in total. The third-order valence-corrected chi connectivity index (χ3v) is 8.18. The van der Waals surface area contributed by atoms with Crippen LogP contribution in [0.25, 0.3) is 27.9 Å². The smallest absolute Gasteiger partial charge is 0.147 e. The van der Waals surface area contributed by atoms with Gasteiger partial charge in [-0.3, -0.25) is 9.97 Å². The Morgan fingerprint density at radius 2 is 1.83 bits per heavy atom. The minimum Gasteiger partial charge on any atom is -0.371 e. The molecule has 2 fully saturated rings. The number of piperidine rings is 1. The Balaban J connectivity index is 1.14. The molecule has 4 heterocycles. The molecule has 7 rings (SSSR count). The zero-order chi connectivity index (χ0) is 23.6. The van der Waals surface area contributed by atoms with Crippen molar-refractivity contribution in [1.82, 2.24) is 15.1 Å². The molecule has 5 heteroatoms. The number of hydrogen-bond donors (Lipinski definition) is 0. The van der Waals surface area contributed by atoms with Crippen molar-refractivity contribution in [2.24, 2.45) is 5.41 Å². The molecule has 0 amide bonds. The van der Waals surface area contributed by atoms with E-state index in [2.05, 4.69) is 69.4 Å². The van der Waals surface area contributed by atoms with Crippen LogP contribution in [-0.4, -0.2) is 28.2 Å². The number of fused-ring (bicyclic) bond motifs is 1. The van der Waals surface area contributed by atoms with Gasteiger partial charge in [0.05, 0.1) is 16.8 Å². The highest BCUT2D eigenvalue weighted by Gasteiger charge is 2.44. The molecule has 35 heavy (non-hydrogen) atoms. The summed E-state index contributed by atoms with van der Waals surface area (Å²) in [4.78, 5) is 11.8. The van der Waals surface area contributed by atoms with Gasteiger partial charge in [0.2, 0.25) is 0 Å². The van der Waals surface area contributed by atoms with Gasteiger partial charge < -0.3 is 9.42 Å². The summed E-state index contributed by atoms with van der Waals surface area (Å²) in [6.07, 6.45) is 10.3. The van der Waals surface area contributed by atoms with E-state index < -0.39 is 0 Å². The number of rotatable bonds is 4. The molecule has 1 aromatic carbocycles. The lowest BCUT2D eigenvalue weighted by Gasteiger charge is -2.47. The van der Waals surface area contributed by atoms with Crippen molar-refractivity contribution in [1.29, 1.82) is 0 Å². The fraction of sp³-hybridized carbons (Fsp3) is 0.367. The van der Waals surface area contributed by atoms with Crippen LogP contribution in [0.5, 0.6) is 0 Å². The largest absolute Gasteiger partial charge is 0.371 e. The number of hydrogen-bond acceptors (Lipinski definition) is 5. The van der Waals surface area contributed by atoms with Gasteiger partial charge in [0.15, 0.2) is 0 Å². The third-order valence-electron chi connectivity index (χ3n) is 8.18. The van der Waals surface area contributed by atoms with E-state index in [0.717, 1.165) is 53.4 Å². The Morgan fingerprint density at radius 1 is 1.00 bits per heavy atom. The molecule has 0 bridgehead atoms. The van der Waals surface area contributed by atoms with E-state index in [1.807, 2.05) is 19.2 Å². The quantitative estimate of drug-likeness (QED) is 0.332. The predicted octanol–water partition coefficient (Wildman–Crippen LogP) is 6.85. The summed E-state index contributed by atoms with van der Waals surface area (Å²) in [5.74, 6) is 1.62. The van der Waals surface area contributed by atoms with Crippen LogP contribution in [0, 0.1) is 19.3 Å². The number of nitrogens with zero attached hydrogens (tertiary/aromatic N) is 4. The van der Waals surface area contributed by atoms with Crippen molar-refractivity contribution in [2.75, 3.05) is 18.0 Å².